The Morgan fingerprint density at radius 1 is 1.03 bits per heavy atom. The number of hydrogen-bond donors (Lipinski definition) is 2. The minimum absolute atomic E-state index is 0.0530. The Kier molecular flexibility index (Phi) is 10.7. The van der Waals surface area contributed by atoms with Crippen LogP contribution in [0, 0.1) is 11.8 Å². The van der Waals surface area contributed by atoms with Crippen molar-refractivity contribution < 1.29 is 14.4 Å². The summed E-state index contributed by atoms with van der Waals surface area (Å²) in [7, 11) is 7.21. The first-order chi connectivity index (χ1) is 14.4. The lowest BCUT2D eigenvalue weighted by molar-refractivity contribution is -0.139. The second kappa shape index (κ2) is 12.2. The van der Waals surface area contributed by atoms with E-state index in [9.17, 15) is 14.4 Å². The Hall–Kier alpha value is -1.93. The Balaban J connectivity index is 3.01. The van der Waals surface area contributed by atoms with Gasteiger partial charge >= 0.3 is 0 Å². The summed E-state index contributed by atoms with van der Waals surface area (Å²) in [5.41, 5.74) is 3.27. The number of nitrogens with one attached hydrogen (secondary N) is 2. The Morgan fingerprint density at radius 3 is 2.13 bits per heavy atom. The maximum absolute atomic E-state index is 13.4. The first-order valence-electron chi connectivity index (χ1n) is 11.3. The molecule has 3 amide bonds. The number of carbonyl (C=O) groups is 3. The molecule has 1 heterocycles. The molecule has 0 aliphatic carbocycles. The minimum Gasteiger partial charge on any atom is -0.343 e. The van der Waals surface area contributed by atoms with E-state index < -0.39 is 6.04 Å². The molecule has 0 saturated carbocycles. The minimum atomic E-state index is -0.613. The molecule has 1 fully saturated rings. The number of rotatable bonds is 9. The smallest absolute Gasteiger partial charge is 0.260 e. The van der Waals surface area contributed by atoms with E-state index >= 15 is 0 Å². The zero-order valence-electron chi connectivity index (χ0n) is 20.9. The Morgan fingerprint density at radius 2 is 1.65 bits per heavy atom. The molecule has 8 nitrogen and oxygen atoms in total. The highest BCUT2D eigenvalue weighted by Gasteiger charge is 2.34. The normalized spacial score (nSPS) is 20.0. The number of carbonyl (C=O) groups excluding carboxylic acids is 3. The molecule has 31 heavy (non-hydrogen) atoms. The van der Waals surface area contributed by atoms with Gasteiger partial charge in [-0.15, -0.1) is 0 Å². The molecule has 0 bridgehead atoms. The number of piperidine rings is 1. The molecule has 1 aliphatic rings. The lowest BCUT2D eigenvalue weighted by atomic mass is 9.96. The van der Waals surface area contributed by atoms with E-state index in [-0.39, 0.29) is 41.6 Å². The number of hydrazine groups is 1. The lowest BCUT2D eigenvalue weighted by Crippen LogP contribution is -2.57. The molecule has 1 unspecified atom stereocenters. The molecule has 0 aromatic carbocycles. The number of likely N-dealkylation sites (N-methyl/N-ethyl adjacent to an activating group) is 2. The summed E-state index contributed by atoms with van der Waals surface area (Å²) < 4.78 is 0. The molecule has 0 radical (unpaired) electrons. The van der Waals surface area contributed by atoms with Gasteiger partial charge in [-0.05, 0) is 45.2 Å². The highest BCUT2D eigenvalue weighted by Crippen LogP contribution is 2.19. The molecule has 8 heteroatoms. The van der Waals surface area contributed by atoms with Gasteiger partial charge in [0.25, 0.3) is 5.91 Å². The van der Waals surface area contributed by atoms with Crippen LogP contribution in [0.15, 0.2) is 11.6 Å². The van der Waals surface area contributed by atoms with E-state index in [0.717, 1.165) is 25.8 Å². The summed E-state index contributed by atoms with van der Waals surface area (Å²) in [5, 5.41) is 4.60. The monoisotopic (exact) mass is 437 g/mol. The first kappa shape index (κ1) is 27.1. The second-order valence-corrected chi connectivity index (χ2v) is 9.59. The lowest BCUT2D eigenvalue weighted by Gasteiger charge is -2.36. The number of hydrogen-bond acceptors (Lipinski definition) is 5. The fourth-order valence-electron chi connectivity index (χ4n) is 3.91. The molecule has 0 spiro atoms. The molecular weight excluding hydrogens is 394 g/mol. The third kappa shape index (κ3) is 7.92. The van der Waals surface area contributed by atoms with Crippen molar-refractivity contribution in [3.05, 3.63) is 11.6 Å². The quantitative estimate of drug-likeness (QED) is 0.423. The van der Waals surface area contributed by atoms with Gasteiger partial charge in [-0.3, -0.25) is 24.7 Å². The van der Waals surface area contributed by atoms with Crippen molar-refractivity contribution in [3.8, 4) is 0 Å². The van der Waals surface area contributed by atoms with E-state index in [1.54, 1.807) is 38.0 Å². The van der Waals surface area contributed by atoms with Crippen LogP contribution in [0.2, 0.25) is 0 Å². The highest BCUT2D eigenvalue weighted by atomic mass is 16.2. The van der Waals surface area contributed by atoms with Crippen LogP contribution in [0.25, 0.3) is 0 Å². The summed E-state index contributed by atoms with van der Waals surface area (Å²) in [6, 6.07) is -1.07. The fourth-order valence-corrected chi connectivity index (χ4v) is 3.91. The summed E-state index contributed by atoms with van der Waals surface area (Å²) in [6.45, 7) is 10.6. The predicted molar refractivity (Wildman–Crippen MR) is 124 cm³/mol. The summed E-state index contributed by atoms with van der Waals surface area (Å²) >= 11 is 0. The molecule has 0 aromatic heterocycles. The van der Waals surface area contributed by atoms with Crippen molar-refractivity contribution in [3.63, 3.8) is 0 Å². The topological polar surface area (TPSA) is 85.0 Å². The Bertz CT molecular complexity index is 660. The Labute approximate surface area is 188 Å². The van der Waals surface area contributed by atoms with Crippen molar-refractivity contribution in [2.75, 3.05) is 34.7 Å². The fraction of sp³-hybridized carbons (Fsp3) is 0.783. The second-order valence-electron chi connectivity index (χ2n) is 9.59. The molecule has 1 aliphatic heterocycles. The summed E-state index contributed by atoms with van der Waals surface area (Å²) in [5.74, 6) is -0.379. The zero-order valence-corrected chi connectivity index (χ0v) is 20.9. The molecule has 178 valence electrons. The molecular formula is C23H43N5O3. The van der Waals surface area contributed by atoms with Gasteiger partial charge in [-0.1, -0.05) is 40.2 Å². The molecule has 2 N–H and O–H groups in total. The van der Waals surface area contributed by atoms with E-state index in [1.165, 1.54) is 0 Å². The maximum atomic E-state index is 13.4. The van der Waals surface area contributed by atoms with Crippen LogP contribution >= 0.6 is 0 Å². The highest BCUT2D eigenvalue weighted by molar-refractivity contribution is 5.93. The number of nitrogens with zero attached hydrogens (tertiary/aromatic N) is 3. The number of likely N-dealkylation sites (tertiary alicyclic amines) is 1. The van der Waals surface area contributed by atoms with Gasteiger partial charge in [-0.25, -0.2) is 5.01 Å². The van der Waals surface area contributed by atoms with Crippen LogP contribution in [0.4, 0.5) is 0 Å². The van der Waals surface area contributed by atoms with Gasteiger partial charge in [0.05, 0.1) is 12.1 Å². The average molecular weight is 438 g/mol. The third-order valence-corrected chi connectivity index (χ3v) is 5.89. The van der Waals surface area contributed by atoms with Crippen LogP contribution in [0.5, 0.6) is 0 Å². The third-order valence-electron chi connectivity index (χ3n) is 5.89. The SMILES string of the molecule is C/C(=C\[C@H](C(C)C)N(C)C(=O)[C@@H](NC(=O)C1CCCCN1C)C(C)C)C(=O)NN(C)C. The van der Waals surface area contributed by atoms with Gasteiger partial charge < -0.3 is 10.2 Å². The van der Waals surface area contributed by atoms with Crippen LogP contribution < -0.4 is 10.7 Å². The van der Waals surface area contributed by atoms with E-state index in [2.05, 4.69) is 15.6 Å². The van der Waals surface area contributed by atoms with E-state index in [1.807, 2.05) is 40.8 Å². The van der Waals surface area contributed by atoms with E-state index in [4.69, 9.17) is 0 Å². The predicted octanol–water partition coefficient (Wildman–Crippen LogP) is 1.63. The standard InChI is InChI=1S/C23H43N5O3/c1-15(2)19(14-17(5)21(29)25-26(6)7)28(9)23(31)20(16(3)4)24-22(30)18-12-10-11-13-27(18)8/h14-16,18-20H,10-13H2,1-9H3,(H,24,30)(H,25,29)/b17-14+/t18?,19-,20+/m1/s1. The van der Waals surface area contributed by atoms with Crippen molar-refractivity contribution in [1.29, 1.82) is 0 Å². The maximum Gasteiger partial charge on any atom is 0.260 e. The van der Waals surface area contributed by atoms with Crippen molar-refractivity contribution in [2.24, 2.45) is 11.8 Å². The zero-order chi connectivity index (χ0) is 23.9. The van der Waals surface area contributed by atoms with Crippen molar-refractivity contribution >= 4 is 17.7 Å². The summed E-state index contributed by atoms with van der Waals surface area (Å²) in [6.07, 6.45) is 4.76. The van der Waals surface area contributed by atoms with Gasteiger partial charge in [0.15, 0.2) is 0 Å². The summed E-state index contributed by atoms with van der Waals surface area (Å²) in [4.78, 5) is 42.4. The van der Waals surface area contributed by atoms with Crippen LogP contribution in [-0.2, 0) is 14.4 Å². The van der Waals surface area contributed by atoms with Gasteiger partial charge in [0.2, 0.25) is 11.8 Å². The van der Waals surface area contributed by atoms with Gasteiger partial charge in [-0.2, -0.15) is 0 Å². The van der Waals surface area contributed by atoms with Crippen LogP contribution in [0.1, 0.15) is 53.9 Å². The van der Waals surface area contributed by atoms with E-state index in [0.29, 0.717) is 5.57 Å². The molecule has 1 rings (SSSR count). The number of amides is 3. The molecule has 3 atom stereocenters. The van der Waals surface area contributed by atoms with Crippen LogP contribution in [0.3, 0.4) is 0 Å². The largest absolute Gasteiger partial charge is 0.343 e. The van der Waals surface area contributed by atoms with Crippen LogP contribution in [-0.4, -0.2) is 85.4 Å². The average Bonchev–Trinajstić information content (AvgIpc) is 2.68. The van der Waals surface area contributed by atoms with Crippen molar-refractivity contribution in [1.82, 2.24) is 25.6 Å². The van der Waals surface area contributed by atoms with Crippen molar-refractivity contribution in [2.45, 2.75) is 72.0 Å². The first-order valence-corrected chi connectivity index (χ1v) is 11.3. The molecule has 0 aromatic rings. The van der Waals surface area contributed by atoms with Gasteiger partial charge in [0, 0.05) is 26.7 Å². The molecule has 1 saturated heterocycles. The van der Waals surface area contributed by atoms with Gasteiger partial charge in [0.1, 0.15) is 6.04 Å².